The van der Waals surface area contributed by atoms with E-state index < -0.39 is 0 Å². The van der Waals surface area contributed by atoms with Gasteiger partial charge in [-0.05, 0) is 25.7 Å². The monoisotopic (exact) mass is 253 g/mol. The second-order valence-electron chi connectivity index (χ2n) is 5.72. The second-order valence-corrected chi connectivity index (χ2v) is 5.72. The average molecular weight is 253 g/mol. The van der Waals surface area contributed by atoms with Crippen LogP contribution in [0, 0.1) is 5.92 Å². The van der Waals surface area contributed by atoms with E-state index in [9.17, 15) is 4.79 Å². The van der Waals surface area contributed by atoms with Crippen LogP contribution in [0.1, 0.15) is 78.1 Å². The van der Waals surface area contributed by atoms with E-state index in [2.05, 4.69) is 18.7 Å². The SMILES string of the molecule is CCCCCCN1CCCCC(CCCC)C1=O. The summed E-state index contributed by atoms with van der Waals surface area (Å²) in [5.74, 6) is 0.788. The zero-order valence-electron chi connectivity index (χ0n) is 12.4. The Bertz CT molecular complexity index is 227. The van der Waals surface area contributed by atoms with Gasteiger partial charge in [0.1, 0.15) is 0 Å². The van der Waals surface area contributed by atoms with Crippen molar-refractivity contribution in [2.75, 3.05) is 13.1 Å². The van der Waals surface area contributed by atoms with Gasteiger partial charge in [-0.3, -0.25) is 4.79 Å². The molecule has 1 heterocycles. The number of amides is 1. The molecule has 106 valence electrons. The quantitative estimate of drug-likeness (QED) is 0.588. The molecule has 0 spiro atoms. The van der Waals surface area contributed by atoms with Crippen LogP contribution < -0.4 is 0 Å². The lowest BCUT2D eigenvalue weighted by Gasteiger charge is -2.24. The molecule has 0 N–H and O–H groups in total. The zero-order valence-corrected chi connectivity index (χ0v) is 12.4. The molecule has 1 fully saturated rings. The molecule has 1 unspecified atom stereocenters. The van der Waals surface area contributed by atoms with Crippen molar-refractivity contribution in [3.05, 3.63) is 0 Å². The first-order valence-electron chi connectivity index (χ1n) is 8.08. The van der Waals surface area contributed by atoms with Crippen LogP contribution in [0.5, 0.6) is 0 Å². The van der Waals surface area contributed by atoms with E-state index in [0.29, 0.717) is 11.8 Å². The van der Waals surface area contributed by atoms with Gasteiger partial charge in [-0.2, -0.15) is 0 Å². The van der Waals surface area contributed by atoms with Gasteiger partial charge in [-0.1, -0.05) is 52.4 Å². The van der Waals surface area contributed by atoms with Crippen molar-refractivity contribution in [2.45, 2.75) is 78.1 Å². The van der Waals surface area contributed by atoms with Crippen LogP contribution in [0.2, 0.25) is 0 Å². The van der Waals surface area contributed by atoms with Crippen LogP contribution in [0.25, 0.3) is 0 Å². The third-order valence-corrected chi connectivity index (χ3v) is 4.08. The number of hydrogen-bond acceptors (Lipinski definition) is 1. The molecular weight excluding hydrogens is 222 g/mol. The topological polar surface area (TPSA) is 20.3 Å². The van der Waals surface area contributed by atoms with E-state index in [0.717, 1.165) is 25.9 Å². The van der Waals surface area contributed by atoms with Gasteiger partial charge in [-0.25, -0.2) is 0 Å². The van der Waals surface area contributed by atoms with Gasteiger partial charge in [-0.15, -0.1) is 0 Å². The smallest absolute Gasteiger partial charge is 0.225 e. The Balaban J connectivity index is 2.37. The summed E-state index contributed by atoms with van der Waals surface area (Å²) >= 11 is 0. The fourth-order valence-electron chi connectivity index (χ4n) is 2.86. The lowest BCUT2D eigenvalue weighted by molar-refractivity contribution is -0.135. The summed E-state index contributed by atoms with van der Waals surface area (Å²) in [6.07, 6.45) is 12.2. The number of rotatable bonds is 8. The first-order chi connectivity index (χ1) is 8.79. The highest BCUT2D eigenvalue weighted by Gasteiger charge is 2.25. The molecule has 0 saturated carbocycles. The lowest BCUT2D eigenvalue weighted by atomic mass is 9.96. The van der Waals surface area contributed by atoms with Crippen molar-refractivity contribution in [3.63, 3.8) is 0 Å². The van der Waals surface area contributed by atoms with E-state index in [1.165, 1.54) is 51.4 Å². The normalized spacial score (nSPS) is 21.1. The minimum Gasteiger partial charge on any atom is -0.342 e. The summed E-state index contributed by atoms with van der Waals surface area (Å²) in [4.78, 5) is 14.6. The molecule has 1 atom stereocenters. The number of hydrogen-bond donors (Lipinski definition) is 0. The Morgan fingerprint density at radius 2 is 1.83 bits per heavy atom. The molecular formula is C16H31NO. The maximum absolute atomic E-state index is 12.4. The number of carbonyl (C=O) groups excluding carboxylic acids is 1. The van der Waals surface area contributed by atoms with Crippen molar-refractivity contribution in [3.8, 4) is 0 Å². The lowest BCUT2D eigenvalue weighted by Crippen LogP contribution is -2.35. The molecule has 2 heteroatoms. The Labute approximate surface area is 113 Å². The maximum Gasteiger partial charge on any atom is 0.225 e. The molecule has 1 aliphatic rings. The highest BCUT2D eigenvalue weighted by Crippen LogP contribution is 2.23. The molecule has 0 aromatic carbocycles. The largest absolute Gasteiger partial charge is 0.342 e. The Hall–Kier alpha value is -0.530. The predicted molar refractivity (Wildman–Crippen MR) is 77.6 cm³/mol. The van der Waals surface area contributed by atoms with Crippen LogP contribution in [0.3, 0.4) is 0 Å². The summed E-state index contributed by atoms with van der Waals surface area (Å²) in [7, 11) is 0. The van der Waals surface area contributed by atoms with Crippen LogP contribution in [-0.4, -0.2) is 23.9 Å². The fraction of sp³-hybridized carbons (Fsp3) is 0.938. The molecule has 1 aliphatic heterocycles. The molecule has 0 aliphatic carbocycles. The van der Waals surface area contributed by atoms with Gasteiger partial charge in [0.2, 0.25) is 5.91 Å². The molecule has 1 rings (SSSR count). The van der Waals surface area contributed by atoms with Crippen molar-refractivity contribution in [1.29, 1.82) is 0 Å². The Morgan fingerprint density at radius 1 is 1.06 bits per heavy atom. The summed E-state index contributed by atoms with van der Waals surface area (Å²) in [5.41, 5.74) is 0. The molecule has 0 radical (unpaired) electrons. The van der Waals surface area contributed by atoms with Crippen molar-refractivity contribution >= 4 is 5.91 Å². The number of likely N-dealkylation sites (tertiary alicyclic amines) is 1. The van der Waals surface area contributed by atoms with E-state index >= 15 is 0 Å². The standard InChI is InChI=1S/C16H31NO/c1-3-5-7-9-13-17-14-10-8-12-15(16(17)18)11-6-4-2/h15H,3-14H2,1-2H3. The van der Waals surface area contributed by atoms with Gasteiger partial charge in [0.25, 0.3) is 0 Å². The zero-order chi connectivity index (χ0) is 13.2. The van der Waals surface area contributed by atoms with Gasteiger partial charge < -0.3 is 4.90 Å². The highest BCUT2D eigenvalue weighted by molar-refractivity contribution is 5.79. The first-order valence-corrected chi connectivity index (χ1v) is 8.08. The Morgan fingerprint density at radius 3 is 2.56 bits per heavy atom. The fourth-order valence-corrected chi connectivity index (χ4v) is 2.86. The molecule has 1 amide bonds. The first kappa shape index (κ1) is 15.5. The molecule has 18 heavy (non-hydrogen) atoms. The van der Waals surface area contributed by atoms with Crippen LogP contribution in [0.4, 0.5) is 0 Å². The molecule has 0 aromatic rings. The van der Waals surface area contributed by atoms with Crippen molar-refractivity contribution in [2.24, 2.45) is 5.92 Å². The molecule has 2 nitrogen and oxygen atoms in total. The van der Waals surface area contributed by atoms with E-state index in [1.54, 1.807) is 0 Å². The Kier molecular flexibility index (Phi) is 8.11. The summed E-state index contributed by atoms with van der Waals surface area (Å²) in [6.45, 7) is 6.45. The minimum atomic E-state index is 0.332. The van der Waals surface area contributed by atoms with E-state index in [1.807, 2.05) is 0 Å². The maximum atomic E-state index is 12.4. The van der Waals surface area contributed by atoms with E-state index in [4.69, 9.17) is 0 Å². The summed E-state index contributed by atoms with van der Waals surface area (Å²) in [6, 6.07) is 0. The molecule has 1 saturated heterocycles. The van der Waals surface area contributed by atoms with E-state index in [-0.39, 0.29) is 0 Å². The molecule has 0 bridgehead atoms. The number of nitrogens with zero attached hydrogens (tertiary/aromatic N) is 1. The van der Waals surface area contributed by atoms with Gasteiger partial charge in [0.05, 0.1) is 0 Å². The number of carbonyl (C=O) groups is 1. The van der Waals surface area contributed by atoms with Gasteiger partial charge >= 0.3 is 0 Å². The summed E-state index contributed by atoms with van der Waals surface area (Å²) in [5, 5.41) is 0. The highest BCUT2D eigenvalue weighted by atomic mass is 16.2. The molecule has 0 aromatic heterocycles. The van der Waals surface area contributed by atoms with Crippen molar-refractivity contribution in [1.82, 2.24) is 4.90 Å². The van der Waals surface area contributed by atoms with Gasteiger partial charge in [0, 0.05) is 19.0 Å². The third kappa shape index (κ3) is 5.41. The van der Waals surface area contributed by atoms with Crippen LogP contribution >= 0.6 is 0 Å². The third-order valence-electron chi connectivity index (χ3n) is 4.08. The average Bonchev–Trinajstić information content (AvgIpc) is 2.55. The second kappa shape index (κ2) is 9.41. The van der Waals surface area contributed by atoms with Crippen LogP contribution in [-0.2, 0) is 4.79 Å². The summed E-state index contributed by atoms with van der Waals surface area (Å²) < 4.78 is 0. The van der Waals surface area contributed by atoms with Crippen LogP contribution in [0.15, 0.2) is 0 Å². The van der Waals surface area contributed by atoms with Gasteiger partial charge in [0.15, 0.2) is 0 Å². The predicted octanol–water partition coefficient (Wildman–Crippen LogP) is 4.39. The number of unbranched alkanes of at least 4 members (excludes halogenated alkanes) is 4. The minimum absolute atomic E-state index is 0.332. The van der Waals surface area contributed by atoms with Crippen molar-refractivity contribution < 1.29 is 4.79 Å².